The van der Waals surface area contributed by atoms with Crippen LogP contribution in [-0.4, -0.2) is 26.4 Å². The number of hydrogen-bond acceptors (Lipinski definition) is 5. The number of aromatic nitrogens is 2. The molecule has 0 spiro atoms. The van der Waals surface area contributed by atoms with Gasteiger partial charge in [0, 0.05) is 10.5 Å². The molecule has 5 heteroatoms. The molecule has 118 valence electrons. The first-order valence-corrected chi connectivity index (χ1v) is 8.65. The Hall–Kier alpha value is -2.79. The molecule has 0 aliphatic heterocycles. The molecule has 0 aliphatic rings. The number of fused-ring (bicyclic) bond motifs is 2. The lowest BCUT2D eigenvalue weighted by molar-refractivity contribution is 0.403. The minimum Gasteiger partial charge on any atom is -0.493 e. The van der Waals surface area contributed by atoms with Crippen LogP contribution in [0.4, 0.5) is 0 Å². The Morgan fingerprint density at radius 1 is 0.833 bits per heavy atom. The number of hydrogen-bond donors (Lipinski definition) is 2. The van der Waals surface area contributed by atoms with Crippen LogP contribution in [0.5, 0.6) is 11.9 Å². The van der Waals surface area contributed by atoms with Crippen molar-refractivity contribution in [2.45, 2.75) is 4.90 Å². The van der Waals surface area contributed by atoms with Gasteiger partial charge >= 0.3 is 6.01 Å². The maximum atomic E-state index is 10.0. The molecule has 4 nitrogen and oxygen atoms in total. The smallest absolute Gasteiger partial charge is 0.317 e. The van der Waals surface area contributed by atoms with Crippen LogP contribution in [0.1, 0.15) is 0 Å². The SMILES string of the molecule is CSc1cc2ccccc2cc1-c1cccc2c(O)nc(O)nc12. The lowest BCUT2D eigenvalue weighted by Crippen LogP contribution is -1.91. The second-order valence-corrected chi connectivity index (χ2v) is 6.30. The minimum atomic E-state index is -0.432. The molecule has 4 aromatic rings. The van der Waals surface area contributed by atoms with Gasteiger partial charge in [0.2, 0.25) is 5.88 Å². The van der Waals surface area contributed by atoms with Gasteiger partial charge in [0.25, 0.3) is 0 Å². The Bertz CT molecular complexity index is 1080. The highest BCUT2D eigenvalue weighted by Crippen LogP contribution is 2.38. The van der Waals surface area contributed by atoms with E-state index < -0.39 is 6.01 Å². The van der Waals surface area contributed by atoms with Gasteiger partial charge in [-0.1, -0.05) is 36.4 Å². The van der Waals surface area contributed by atoms with Crippen LogP contribution in [0, 0.1) is 0 Å². The summed E-state index contributed by atoms with van der Waals surface area (Å²) in [5, 5.41) is 22.5. The van der Waals surface area contributed by atoms with Gasteiger partial charge in [0.1, 0.15) is 0 Å². The fourth-order valence-electron chi connectivity index (χ4n) is 2.94. The molecule has 3 aromatic carbocycles. The zero-order valence-electron chi connectivity index (χ0n) is 12.9. The van der Waals surface area contributed by atoms with Gasteiger partial charge in [-0.3, -0.25) is 0 Å². The van der Waals surface area contributed by atoms with Crippen molar-refractivity contribution in [1.82, 2.24) is 9.97 Å². The standard InChI is InChI=1S/C19H14N2O2S/c1-24-16-10-12-6-3-2-5-11(12)9-15(16)13-7-4-8-14-17(13)20-19(23)21-18(14)22/h2-10H,1H3,(H2,20,21,22,23). The van der Waals surface area contributed by atoms with Gasteiger partial charge in [-0.05, 0) is 40.8 Å². The summed E-state index contributed by atoms with van der Waals surface area (Å²) in [6.07, 6.45) is 2.03. The molecule has 0 bridgehead atoms. The van der Waals surface area contributed by atoms with E-state index in [4.69, 9.17) is 0 Å². The minimum absolute atomic E-state index is 0.217. The van der Waals surface area contributed by atoms with Crippen LogP contribution in [0.25, 0.3) is 32.8 Å². The third-order valence-corrected chi connectivity index (χ3v) is 4.83. The van der Waals surface area contributed by atoms with E-state index in [1.165, 1.54) is 5.39 Å². The second-order valence-electron chi connectivity index (χ2n) is 5.45. The quantitative estimate of drug-likeness (QED) is 0.525. The Morgan fingerprint density at radius 2 is 1.58 bits per heavy atom. The molecule has 1 aromatic heterocycles. The molecule has 0 unspecified atom stereocenters. The predicted octanol–water partition coefficient (Wildman–Crippen LogP) is 4.58. The highest BCUT2D eigenvalue weighted by atomic mass is 32.2. The van der Waals surface area contributed by atoms with E-state index in [-0.39, 0.29) is 5.88 Å². The number of aromatic hydroxyl groups is 2. The van der Waals surface area contributed by atoms with Gasteiger partial charge in [0.05, 0.1) is 10.9 Å². The van der Waals surface area contributed by atoms with Crippen LogP contribution >= 0.6 is 11.8 Å². The summed E-state index contributed by atoms with van der Waals surface area (Å²) >= 11 is 1.65. The summed E-state index contributed by atoms with van der Waals surface area (Å²) in [7, 11) is 0. The third-order valence-electron chi connectivity index (χ3n) is 4.05. The Kier molecular flexibility index (Phi) is 3.50. The van der Waals surface area contributed by atoms with Crippen molar-refractivity contribution >= 4 is 33.4 Å². The second kappa shape index (κ2) is 5.69. The van der Waals surface area contributed by atoms with Gasteiger partial charge in [0.15, 0.2) is 0 Å². The largest absolute Gasteiger partial charge is 0.493 e. The number of thioether (sulfide) groups is 1. The number of nitrogens with zero attached hydrogens (tertiary/aromatic N) is 2. The molecule has 0 fully saturated rings. The van der Waals surface area contributed by atoms with E-state index in [0.717, 1.165) is 21.4 Å². The summed E-state index contributed by atoms with van der Waals surface area (Å²) in [4.78, 5) is 8.88. The average molecular weight is 334 g/mol. The maximum Gasteiger partial charge on any atom is 0.317 e. The van der Waals surface area contributed by atoms with Crippen LogP contribution in [0.3, 0.4) is 0 Å². The monoisotopic (exact) mass is 334 g/mol. The summed E-state index contributed by atoms with van der Waals surface area (Å²) in [5.41, 5.74) is 2.41. The molecule has 4 rings (SSSR count). The summed E-state index contributed by atoms with van der Waals surface area (Å²) in [6, 6.07) is 17.6. The lowest BCUT2D eigenvalue weighted by atomic mass is 9.99. The van der Waals surface area contributed by atoms with E-state index in [1.807, 2.05) is 30.5 Å². The highest BCUT2D eigenvalue weighted by Gasteiger charge is 2.14. The van der Waals surface area contributed by atoms with E-state index >= 15 is 0 Å². The van der Waals surface area contributed by atoms with Crippen LogP contribution in [0.15, 0.2) is 59.5 Å². The first-order valence-electron chi connectivity index (χ1n) is 7.43. The fraction of sp³-hybridized carbons (Fsp3) is 0.0526. The van der Waals surface area contributed by atoms with Crippen LogP contribution in [0.2, 0.25) is 0 Å². The van der Waals surface area contributed by atoms with Gasteiger partial charge in [-0.15, -0.1) is 11.8 Å². The summed E-state index contributed by atoms with van der Waals surface area (Å²) in [6.45, 7) is 0. The zero-order valence-corrected chi connectivity index (χ0v) is 13.7. The summed E-state index contributed by atoms with van der Waals surface area (Å²) < 4.78 is 0. The molecule has 0 radical (unpaired) electrons. The first kappa shape index (κ1) is 14.8. The normalized spacial score (nSPS) is 11.2. The predicted molar refractivity (Wildman–Crippen MR) is 97.6 cm³/mol. The van der Waals surface area contributed by atoms with E-state index in [9.17, 15) is 10.2 Å². The van der Waals surface area contributed by atoms with Gasteiger partial charge < -0.3 is 10.2 Å². The van der Waals surface area contributed by atoms with Gasteiger partial charge in [-0.2, -0.15) is 9.97 Å². The molecule has 0 aliphatic carbocycles. The number of para-hydroxylation sites is 1. The molecule has 24 heavy (non-hydrogen) atoms. The number of rotatable bonds is 2. The van der Waals surface area contributed by atoms with Crippen molar-refractivity contribution in [3.8, 4) is 23.0 Å². The molecule has 0 amide bonds. The molecular weight excluding hydrogens is 320 g/mol. The number of benzene rings is 3. The average Bonchev–Trinajstić information content (AvgIpc) is 2.60. The lowest BCUT2D eigenvalue weighted by Gasteiger charge is -2.12. The molecule has 0 saturated heterocycles. The molecular formula is C19H14N2O2S. The van der Waals surface area contributed by atoms with Crippen LogP contribution < -0.4 is 0 Å². The highest BCUT2D eigenvalue weighted by molar-refractivity contribution is 7.98. The van der Waals surface area contributed by atoms with Crippen molar-refractivity contribution < 1.29 is 10.2 Å². The Balaban J connectivity index is 2.09. The van der Waals surface area contributed by atoms with Crippen molar-refractivity contribution in [3.05, 3.63) is 54.6 Å². The van der Waals surface area contributed by atoms with E-state index in [1.54, 1.807) is 17.8 Å². The topological polar surface area (TPSA) is 66.2 Å². The van der Waals surface area contributed by atoms with Crippen molar-refractivity contribution in [1.29, 1.82) is 0 Å². The van der Waals surface area contributed by atoms with Gasteiger partial charge in [-0.25, -0.2) is 0 Å². The van der Waals surface area contributed by atoms with Crippen molar-refractivity contribution in [3.63, 3.8) is 0 Å². The van der Waals surface area contributed by atoms with E-state index in [0.29, 0.717) is 10.9 Å². The molecule has 0 atom stereocenters. The maximum absolute atomic E-state index is 10.0. The Morgan fingerprint density at radius 3 is 2.33 bits per heavy atom. The van der Waals surface area contributed by atoms with Crippen LogP contribution in [-0.2, 0) is 0 Å². The Labute approximate surface area is 142 Å². The van der Waals surface area contributed by atoms with Crippen molar-refractivity contribution in [2.75, 3.05) is 6.26 Å². The molecule has 0 saturated carbocycles. The summed E-state index contributed by atoms with van der Waals surface area (Å²) in [5.74, 6) is -0.217. The first-order chi connectivity index (χ1) is 11.7. The molecule has 2 N–H and O–H groups in total. The molecule has 1 heterocycles. The van der Waals surface area contributed by atoms with Crippen molar-refractivity contribution in [2.24, 2.45) is 0 Å². The van der Waals surface area contributed by atoms with E-state index in [2.05, 4.69) is 34.2 Å². The zero-order chi connectivity index (χ0) is 16.7. The third kappa shape index (κ3) is 2.34. The fourth-order valence-corrected chi connectivity index (χ4v) is 3.57.